The van der Waals surface area contributed by atoms with Gasteiger partial charge in [-0.1, -0.05) is 18.7 Å². The lowest BCUT2D eigenvalue weighted by atomic mass is 10.2. The first-order valence-electron chi connectivity index (χ1n) is 8.65. The van der Waals surface area contributed by atoms with E-state index in [0.29, 0.717) is 13.2 Å². The number of nitrogens with one attached hydrogen (secondary N) is 1. The van der Waals surface area contributed by atoms with Crippen LogP contribution in [0.2, 0.25) is 0 Å². The van der Waals surface area contributed by atoms with Crippen LogP contribution in [0.1, 0.15) is 23.9 Å². The maximum atomic E-state index is 5.78. The minimum atomic E-state index is 0.480. The Kier molecular flexibility index (Phi) is 5.58. The van der Waals surface area contributed by atoms with E-state index in [1.807, 2.05) is 37.3 Å². The van der Waals surface area contributed by atoms with Gasteiger partial charge in [-0.15, -0.1) is 0 Å². The Balaban J connectivity index is 1.64. The van der Waals surface area contributed by atoms with Crippen LogP contribution >= 0.6 is 0 Å². The number of hydrogen-bond acceptors (Lipinski definition) is 4. The Morgan fingerprint density at radius 3 is 2.77 bits per heavy atom. The summed E-state index contributed by atoms with van der Waals surface area (Å²) in [6.45, 7) is 9.79. The van der Waals surface area contributed by atoms with Crippen molar-refractivity contribution >= 4 is 5.65 Å². The van der Waals surface area contributed by atoms with Crippen molar-refractivity contribution in [1.82, 2.24) is 14.7 Å². The molecule has 0 atom stereocenters. The number of nitrogens with zero attached hydrogens (tertiary/aromatic N) is 2. The van der Waals surface area contributed by atoms with Crippen LogP contribution in [0.15, 0.2) is 54.7 Å². The minimum Gasteiger partial charge on any atom is -0.493 e. The molecule has 1 aromatic carbocycles. The van der Waals surface area contributed by atoms with Gasteiger partial charge < -0.3 is 19.2 Å². The first-order chi connectivity index (χ1) is 12.6. The highest BCUT2D eigenvalue weighted by Crippen LogP contribution is 2.28. The molecule has 0 saturated heterocycles. The Hall–Kier alpha value is -2.79. The average molecular weight is 351 g/mol. The summed E-state index contributed by atoms with van der Waals surface area (Å²) in [6, 6.07) is 12.1. The Bertz CT molecular complexity index is 915. The van der Waals surface area contributed by atoms with Gasteiger partial charge in [0, 0.05) is 25.0 Å². The Morgan fingerprint density at radius 2 is 2.04 bits per heavy atom. The molecule has 0 saturated carbocycles. The van der Waals surface area contributed by atoms with Gasteiger partial charge in [-0.25, -0.2) is 4.98 Å². The molecule has 26 heavy (non-hydrogen) atoms. The molecule has 5 heteroatoms. The molecule has 3 aromatic rings. The highest BCUT2D eigenvalue weighted by Gasteiger charge is 2.07. The summed E-state index contributed by atoms with van der Waals surface area (Å²) in [5, 5.41) is 3.44. The van der Waals surface area contributed by atoms with Gasteiger partial charge in [0.15, 0.2) is 11.5 Å². The number of hydrogen-bond donors (Lipinski definition) is 1. The second kappa shape index (κ2) is 8.06. The molecule has 0 radical (unpaired) electrons. The van der Waals surface area contributed by atoms with E-state index in [2.05, 4.69) is 40.5 Å². The summed E-state index contributed by atoms with van der Waals surface area (Å²) in [4.78, 5) is 4.64. The SMILES string of the molecule is C=C(C)COc1cc(CNCc2cn3c(C)cccc3n2)ccc1OC. The number of rotatable bonds is 8. The molecule has 1 N–H and O–H groups in total. The smallest absolute Gasteiger partial charge is 0.161 e. The zero-order chi connectivity index (χ0) is 18.5. The van der Waals surface area contributed by atoms with Crippen molar-refractivity contribution in [2.45, 2.75) is 26.9 Å². The average Bonchev–Trinajstić information content (AvgIpc) is 3.04. The third-order valence-corrected chi connectivity index (χ3v) is 4.08. The van der Waals surface area contributed by atoms with Crippen molar-refractivity contribution in [3.05, 3.63) is 71.7 Å². The van der Waals surface area contributed by atoms with Gasteiger partial charge in [-0.2, -0.15) is 0 Å². The highest BCUT2D eigenvalue weighted by atomic mass is 16.5. The zero-order valence-corrected chi connectivity index (χ0v) is 15.6. The molecular formula is C21H25N3O2. The summed E-state index contributed by atoms with van der Waals surface area (Å²) >= 11 is 0. The van der Waals surface area contributed by atoms with Crippen LogP contribution in [0.25, 0.3) is 5.65 Å². The van der Waals surface area contributed by atoms with Gasteiger partial charge in [0.25, 0.3) is 0 Å². The number of benzene rings is 1. The maximum Gasteiger partial charge on any atom is 0.161 e. The largest absolute Gasteiger partial charge is 0.493 e. The lowest BCUT2D eigenvalue weighted by molar-refractivity contribution is 0.319. The van der Waals surface area contributed by atoms with Crippen molar-refractivity contribution < 1.29 is 9.47 Å². The zero-order valence-electron chi connectivity index (χ0n) is 15.6. The third-order valence-electron chi connectivity index (χ3n) is 4.08. The second-order valence-corrected chi connectivity index (χ2v) is 6.46. The molecule has 0 aliphatic rings. The number of aromatic nitrogens is 2. The number of methoxy groups -OCH3 is 1. The minimum absolute atomic E-state index is 0.480. The van der Waals surface area contributed by atoms with E-state index in [1.54, 1.807) is 7.11 Å². The topological polar surface area (TPSA) is 47.8 Å². The molecule has 0 fully saturated rings. The first-order valence-corrected chi connectivity index (χ1v) is 8.65. The first kappa shape index (κ1) is 18.0. The number of pyridine rings is 1. The van der Waals surface area contributed by atoms with Crippen molar-refractivity contribution in [3.63, 3.8) is 0 Å². The van der Waals surface area contributed by atoms with E-state index in [4.69, 9.17) is 9.47 Å². The molecule has 0 bridgehead atoms. The fraction of sp³-hybridized carbons (Fsp3) is 0.286. The van der Waals surface area contributed by atoms with Crippen LogP contribution in [0.3, 0.4) is 0 Å². The van der Waals surface area contributed by atoms with E-state index in [9.17, 15) is 0 Å². The van der Waals surface area contributed by atoms with Crippen molar-refractivity contribution in [2.75, 3.05) is 13.7 Å². The summed E-state index contributed by atoms with van der Waals surface area (Å²) in [7, 11) is 1.65. The monoisotopic (exact) mass is 351 g/mol. The number of ether oxygens (including phenoxy) is 2. The molecule has 2 heterocycles. The summed E-state index contributed by atoms with van der Waals surface area (Å²) in [6.07, 6.45) is 2.08. The predicted octanol–water partition coefficient (Wildman–Crippen LogP) is 3.90. The van der Waals surface area contributed by atoms with E-state index in [1.165, 1.54) is 5.69 Å². The van der Waals surface area contributed by atoms with Gasteiger partial charge in [0.05, 0.1) is 12.8 Å². The summed E-state index contributed by atoms with van der Waals surface area (Å²) in [5.41, 5.74) is 5.27. The molecule has 2 aromatic heterocycles. The van der Waals surface area contributed by atoms with Crippen LogP contribution in [-0.4, -0.2) is 23.1 Å². The van der Waals surface area contributed by atoms with Crippen LogP contribution in [0.4, 0.5) is 0 Å². The normalized spacial score (nSPS) is 10.9. The lowest BCUT2D eigenvalue weighted by Gasteiger charge is -2.12. The maximum absolute atomic E-state index is 5.78. The molecule has 0 unspecified atom stereocenters. The number of fused-ring (bicyclic) bond motifs is 1. The molecule has 0 aliphatic carbocycles. The van der Waals surface area contributed by atoms with Gasteiger partial charge in [-0.05, 0) is 49.2 Å². The van der Waals surface area contributed by atoms with E-state index < -0.39 is 0 Å². The quantitative estimate of drug-likeness (QED) is 0.626. The van der Waals surface area contributed by atoms with E-state index in [-0.39, 0.29) is 0 Å². The highest BCUT2D eigenvalue weighted by molar-refractivity contribution is 5.43. The molecule has 3 rings (SSSR count). The van der Waals surface area contributed by atoms with E-state index in [0.717, 1.165) is 40.5 Å². The molecule has 0 spiro atoms. The van der Waals surface area contributed by atoms with Crippen LogP contribution in [0.5, 0.6) is 11.5 Å². The third kappa shape index (κ3) is 4.24. The number of aryl methyl sites for hydroxylation is 1. The molecule has 136 valence electrons. The fourth-order valence-electron chi connectivity index (χ4n) is 2.76. The van der Waals surface area contributed by atoms with Gasteiger partial charge in [-0.3, -0.25) is 0 Å². The van der Waals surface area contributed by atoms with Crippen LogP contribution < -0.4 is 14.8 Å². The molecule has 0 amide bonds. The summed E-state index contributed by atoms with van der Waals surface area (Å²) < 4.78 is 13.2. The molecular weight excluding hydrogens is 326 g/mol. The van der Waals surface area contributed by atoms with Gasteiger partial charge in [0.2, 0.25) is 0 Å². The molecule has 5 nitrogen and oxygen atoms in total. The predicted molar refractivity (Wildman–Crippen MR) is 104 cm³/mol. The van der Waals surface area contributed by atoms with Gasteiger partial charge >= 0.3 is 0 Å². The van der Waals surface area contributed by atoms with Crippen molar-refractivity contribution in [2.24, 2.45) is 0 Å². The lowest BCUT2D eigenvalue weighted by Crippen LogP contribution is -2.13. The second-order valence-electron chi connectivity index (χ2n) is 6.46. The fourth-order valence-corrected chi connectivity index (χ4v) is 2.76. The van der Waals surface area contributed by atoms with E-state index >= 15 is 0 Å². The Morgan fingerprint density at radius 1 is 1.19 bits per heavy atom. The van der Waals surface area contributed by atoms with Crippen molar-refractivity contribution in [1.29, 1.82) is 0 Å². The number of imidazole rings is 1. The molecule has 0 aliphatic heterocycles. The standard InChI is InChI=1S/C21H25N3O2/c1-15(2)14-26-20-10-17(8-9-19(20)25-4)11-22-12-18-13-24-16(3)6-5-7-21(24)23-18/h5-10,13,22H,1,11-12,14H2,2-4H3. The van der Waals surface area contributed by atoms with Crippen LogP contribution in [-0.2, 0) is 13.1 Å². The Labute approximate surface area is 154 Å². The van der Waals surface area contributed by atoms with Crippen LogP contribution in [0, 0.1) is 6.92 Å². The van der Waals surface area contributed by atoms with Crippen molar-refractivity contribution in [3.8, 4) is 11.5 Å². The summed E-state index contributed by atoms with van der Waals surface area (Å²) in [5.74, 6) is 1.46. The van der Waals surface area contributed by atoms with Gasteiger partial charge in [0.1, 0.15) is 12.3 Å².